The molecule has 0 saturated heterocycles. The molecule has 0 amide bonds. The van der Waals surface area contributed by atoms with Gasteiger partial charge in [-0.2, -0.15) is 5.26 Å². The SMILES string of the molecule is CCC(C)Oc1ccc(/C=C(\C#N)c2nc3ccccc3[nH]2)cc1OC. The number of nitrogens with zero attached hydrogens (tertiary/aromatic N) is 2. The van der Waals surface area contributed by atoms with E-state index in [1.807, 2.05) is 49.4 Å². The second-order valence-corrected chi connectivity index (χ2v) is 6.02. The van der Waals surface area contributed by atoms with Gasteiger partial charge in [0.25, 0.3) is 0 Å². The number of methoxy groups -OCH3 is 1. The number of nitrogens with one attached hydrogen (secondary N) is 1. The third-order valence-corrected chi connectivity index (χ3v) is 4.17. The highest BCUT2D eigenvalue weighted by atomic mass is 16.5. The van der Waals surface area contributed by atoms with E-state index in [0.29, 0.717) is 22.9 Å². The summed E-state index contributed by atoms with van der Waals surface area (Å²) in [6, 6.07) is 15.5. The Hall–Kier alpha value is -3.26. The smallest absolute Gasteiger partial charge is 0.161 e. The number of hydrogen-bond acceptors (Lipinski definition) is 4. The molecule has 0 fully saturated rings. The Morgan fingerprint density at radius 2 is 2.08 bits per heavy atom. The first-order valence-corrected chi connectivity index (χ1v) is 8.56. The molecule has 3 rings (SSSR count). The lowest BCUT2D eigenvalue weighted by atomic mass is 10.1. The average molecular weight is 347 g/mol. The molecule has 0 bridgehead atoms. The van der Waals surface area contributed by atoms with Crippen molar-refractivity contribution in [3.05, 3.63) is 53.9 Å². The van der Waals surface area contributed by atoms with Crippen molar-refractivity contribution < 1.29 is 9.47 Å². The van der Waals surface area contributed by atoms with Gasteiger partial charge in [-0.05, 0) is 49.2 Å². The van der Waals surface area contributed by atoms with Crippen molar-refractivity contribution >= 4 is 22.7 Å². The topological polar surface area (TPSA) is 70.9 Å². The summed E-state index contributed by atoms with van der Waals surface area (Å²) in [5.41, 5.74) is 3.03. The van der Waals surface area contributed by atoms with E-state index in [2.05, 4.69) is 23.0 Å². The highest BCUT2D eigenvalue weighted by Gasteiger charge is 2.11. The standard InChI is InChI=1S/C21H21N3O2/c1-4-14(2)26-19-10-9-15(12-20(19)25-3)11-16(13-22)21-23-17-7-5-6-8-18(17)24-21/h5-12,14H,4H2,1-3H3,(H,23,24)/b16-11+. The second-order valence-electron chi connectivity index (χ2n) is 6.02. The van der Waals surface area contributed by atoms with Crippen molar-refractivity contribution in [1.82, 2.24) is 9.97 Å². The number of allylic oxidation sites excluding steroid dienone is 1. The van der Waals surface area contributed by atoms with Crippen LogP contribution in [0.3, 0.4) is 0 Å². The second kappa shape index (κ2) is 7.75. The summed E-state index contributed by atoms with van der Waals surface area (Å²) in [7, 11) is 1.61. The lowest BCUT2D eigenvalue weighted by Crippen LogP contribution is -2.10. The molecule has 0 aliphatic heterocycles. The molecule has 3 aromatic rings. The van der Waals surface area contributed by atoms with Crippen LogP contribution in [0.25, 0.3) is 22.7 Å². The van der Waals surface area contributed by atoms with Crippen molar-refractivity contribution in [3.8, 4) is 17.6 Å². The number of imidazole rings is 1. The Morgan fingerprint density at radius 3 is 2.77 bits per heavy atom. The molecule has 26 heavy (non-hydrogen) atoms. The van der Waals surface area contributed by atoms with Crippen molar-refractivity contribution in [3.63, 3.8) is 0 Å². The van der Waals surface area contributed by atoms with Gasteiger partial charge in [-0.25, -0.2) is 4.98 Å². The zero-order valence-electron chi connectivity index (χ0n) is 15.1. The minimum Gasteiger partial charge on any atom is -0.493 e. The van der Waals surface area contributed by atoms with E-state index in [9.17, 15) is 5.26 Å². The minimum absolute atomic E-state index is 0.107. The van der Waals surface area contributed by atoms with E-state index in [1.54, 1.807) is 13.2 Å². The summed E-state index contributed by atoms with van der Waals surface area (Å²) >= 11 is 0. The maximum Gasteiger partial charge on any atom is 0.161 e. The number of fused-ring (bicyclic) bond motifs is 1. The normalized spacial score (nSPS) is 12.6. The van der Waals surface area contributed by atoms with Crippen LogP contribution >= 0.6 is 0 Å². The lowest BCUT2D eigenvalue weighted by Gasteiger charge is -2.15. The number of para-hydroxylation sites is 2. The molecular formula is C21H21N3O2. The van der Waals surface area contributed by atoms with Crippen LogP contribution in [0.4, 0.5) is 0 Å². The summed E-state index contributed by atoms with van der Waals surface area (Å²) < 4.78 is 11.3. The molecule has 5 nitrogen and oxygen atoms in total. The quantitative estimate of drug-likeness (QED) is 0.649. The van der Waals surface area contributed by atoms with Crippen molar-refractivity contribution in [2.45, 2.75) is 26.4 Å². The molecule has 5 heteroatoms. The number of benzene rings is 2. The van der Waals surface area contributed by atoms with Crippen LogP contribution < -0.4 is 9.47 Å². The highest BCUT2D eigenvalue weighted by molar-refractivity contribution is 5.90. The number of hydrogen-bond donors (Lipinski definition) is 1. The van der Waals surface area contributed by atoms with Crippen LogP contribution in [-0.4, -0.2) is 23.2 Å². The van der Waals surface area contributed by atoms with E-state index in [0.717, 1.165) is 23.0 Å². The van der Waals surface area contributed by atoms with Gasteiger partial charge in [0.2, 0.25) is 0 Å². The van der Waals surface area contributed by atoms with Crippen LogP contribution in [0.1, 0.15) is 31.7 Å². The molecule has 0 aliphatic carbocycles. The predicted molar refractivity (Wildman–Crippen MR) is 103 cm³/mol. The van der Waals surface area contributed by atoms with Crippen LogP contribution in [-0.2, 0) is 0 Å². The fraction of sp³-hybridized carbons (Fsp3) is 0.238. The maximum absolute atomic E-state index is 9.56. The molecule has 1 aromatic heterocycles. The van der Waals surface area contributed by atoms with Gasteiger partial charge in [-0.1, -0.05) is 25.1 Å². The van der Waals surface area contributed by atoms with Crippen LogP contribution in [0.15, 0.2) is 42.5 Å². The fourth-order valence-corrected chi connectivity index (χ4v) is 2.57. The first-order chi connectivity index (χ1) is 12.6. The van der Waals surface area contributed by atoms with Gasteiger partial charge in [-0.15, -0.1) is 0 Å². The number of aromatic amines is 1. The molecule has 1 N–H and O–H groups in total. The predicted octanol–water partition coefficient (Wildman–Crippen LogP) is 4.81. The molecule has 132 valence electrons. The van der Waals surface area contributed by atoms with Gasteiger partial charge in [0.05, 0.1) is 29.8 Å². The summed E-state index contributed by atoms with van der Waals surface area (Å²) in [4.78, 5) is 7.67. The number of H-pyrrole nitrogens is 1. The van der Waals surface area contributed by atoms with E-state index in [4.69, 9.17) is 9.47 Å². The molecule has 0 aliphatic rings. The summed E-state index contributed by atoms with van der Waals surface area (Å²) in [6.07, 6.45) is 2.80. The molecule has 0 saturated carbocycles. The highest BCUT2D eigenvalue weighted by Crippen LogP contribution is 2.31. The summed E-state index contributed by atoms with van der Waals surface area (Å²) in [6.45, 7) is 4.09. The number of rotatable bonds is 6. The van der Waals surface area contributed by atoms with Gasteiger partial charge in [0, 0.05) is 0 Å². The van der Waals surface area contributed by atoms with Crippen molar-refractivity contribution in [1.29, 1.82) is 5.26 Å². The Kier molecular flexibility index (Phi) is 5.23. The van der Waals surface area contributed by atoms with E-state index >= 15 is 0 Å². The fourth-order valence-electron chi connectivity index (χ4n) is 2.57. The van der Waals surface area contributed by atoms with Crippen LogP contribution in [0, 0.1) is 11.3 Å². The number of ether oxygens (including phenoxy) is 2. The van der Waals surface area contributed by atoms with Crippen molar-refractivity contribution in [2.75, 3.05) is 7.11 Å². The van der Waals surface area contributed by atoms with Crippen molar-refractivity contribution in [2.24, 2.45) is 0 Å². The first kappa shape index (κ1) is 17.6. The van der Waals surface area contributed by atoms with Gasteiger partial charge in [0.15, 0.2) is 11.5 Å². The Bertz CT molecular complexity index is 949. The Labute approximate surface area is 152 Å². The average Bonchev–Trinajstić information content (AvgIpc) is 3.10. The molecule has 1 heterocycles. The zero-order chi connectivity index (χ0) is 18.5. The largest absolute Gasteiger partial charge is 0.493 e. The summed E-state index contributed by atoms with van der Waals surface area (Å²) in [5.74, 6) is 1.88. The third-order valence-electron chi connectivity index (χ3n) is 4.17. The molecule has 1 atom stereocenters. The van der Waals surface area contributed by atoms with Gasteiger partial charge in [-0.3, -0.25) is 0 Å². The molecule has 0 spiro atoms. The number of nitriles is 1. The minimum atomic E-state index is 0.107. The molecular weight excluding hydrogens is 326 g/mol. The lowest BCUT2D eigenvalue weighted by molar-refractivity contribution is 0.207. The Morgan fingerprint density at radius 1 is 1.27 bits per heavy atom. The molecule has 1 unspecified atom stereocenters. The molecule has 2 aromatic carbocycles. The van der Waals surface area contributed by atoms with Gasteiger partial charge in [0.1, 0.15) is 11.9 Å². The zero-order valence-corrected chi connectivity index (χ0v) is 15.1. The first-order valence-electron chi connectivity index (χ1n) is 8.56. The summed E-state index contributed by atoms with van der Waals surface area (Å²) in [5, 5.41) is 9.56. The maximum atomic E-state index is 9.56. The van der Waals surface area contributed by atoms with E-state index in [-0.39, 0.29) is 6.10 Å². The molecule has 0 radical (unpaired) electrons. The van der Waals surface area contributed by atoms with Gasteiger partial charge >= 0.3 is 0 Å². The Balaban J connectivity index is 1.95. The third kappa shape index (κ3) is 3.70. The monoisotopic (exact) mass is 347 g/mol. The number of aromatic nitrogens is 2. The van der Waals surface area contributed by atoms with Crippen LogP contribution in [0.2, 0.25) is 0 Å². The van der Waals surface area contributed by atoms with Crippen LogP contribution in [0.5, 0.6) is 11.5 Å². The van der Waals surface area contributed by atoms with E-state index in [1.165, 1.54) is 0 Å². The van der Waals surface area contributed by atoms with E-state index < -0.39 is 0 Å². The van der Waals surface area contributed by atoms with Gasteiger partial charge < -0.3 is 14.5 Å².